The molecule has 0 aromatic carbocycles. The number of rotatable bonds is 5. The molecule has 19 heavy (non-hydrogen) atoms. The summed E-state index contributed by atoms with van der Waals surface area (Å²) in [4.78, 5) is 19.2. The highest BCUT2D eigenvalue weighted by atomic mass is 16.5. The van der Waals surface area contributed by atoms with Gasteiger partial charge < -0.3 is 14.6 Å². The Bertz CT molecular complexity index is 548. The van der Waals surface area contributed by atoms with Crippen molar-refractivity contribution in [1.82, 2.24) is 19.9 Å². The van der Waals surface area contributed by atoms with Gasteiger partial charge >= 0.3 is 0 Å². The number of methoxy groups -OCH3 is 1. The van der Waals surface area contributed by atoms with E-state index in [9.17, 15) is 4.79 Å². The zero-order valence-electron chi connectivity index (χ0n) is 11.0. The van der Waals surface area contributed by atoms with Crippen molar-refractivity contribution in [1.29, 1.82) is 0 Å². The van der Waals surface area contributed by atoms with Gasteiger partial charge in [-0.05, 0) is 6.07 Å². The monoisotopic (exact) mass is 260 g/mol. The van der Waals surface area contributed by atoms with Crippen molar-refractivity contribution in [3.63, 3.8) is 0 Å². The number of hydrogen-bond acceptors (Lipinski definition) is 4. The quantitative estimate of drug-likeness (QED) is 0.869. The van der Waals surface area contributed by atoms with E-state index in [0.717, 1.165) is 11.4 Å². The first kappa shape index (κ1) is 13.1. The topological polar surface area (TPSA) is 69.0 Å². The van der Waals surface area contributed by atoms with Gasteiger partial charge in [-0.1, -0.05) is 0 Å². The van der Waals surface area contributed by atoms with Crippen molar-refractivity contribution in [2.75, 3.05) is 13.7 Å². The summed E-state index contributed by atoms with van der Waals surface area (Å²) in [7, 11) is 1.58. The smallest absolute Gasteiger partial charge is 0.216 e. The molecule has 0 bridgehead atoms. The maximum atomic E-state index is 10.8. The molecule has 0 atom stereocenters. The van der Waals surface area contributed by atoms with Crippen LogP contribution in [0.4, 0.5) is 0 Å². The third-order valence-corrected chi connectivity index (χ3v) is 2.62. The molecule has 0 radical (unpaired) electrons. The number of nitrogens with one attached hydrogen (secondary N) is 1. The van der Waals surface area contributed by atoms with Gasteiger partial charge in [0.25, 0.3) is 0 Å². The van der Waals surface area contributed by atoms with E-state index in [4.69, 9.17) is 4.74 Å². The lowest BCUT2D eigenvalue weighted by Gasteiger charge is -2.02. The Labute approximate surface area is 111 Å². The van der Waals surface area contributed by atoms with Crippen LogP contribution in [-0.4, -0.2) is 34.1 Å². The van der Waals surface area contributed by atoms with Crippen LogP contribution in [0.25, 0.3) is 5.69 Å². The zero-order chi connectivity index (χ0) is 13.7. The summed E-state index contributed by atoms with van der Waals surface area (Å²) in [6, 6.07) is 3.71. The van der Waals surface area contributed by atoms with Crippen molar-refractivity contribution >= 4 is 5.91 Å². The van der Waals surface area contributed by atoms with E-state index in [2.05, 4.69) is 15.3 Å². The minimum Gasteiger partial charge on any atom is -0.481 e. The van der Waals surface area contributed by atoms with Gasteiger partial charge in [-0.2, -0.15) is 0 Å². The lowest BCUT2D eigenvalue weighted by molar-refractivity contribution is -0.118. The molecule has 2 heterocycles. The summed E-state index contributed by atoms with van der Waals surface area (Å²) in [5.74, 6) is 0.550. The minimum atomic E-state index is -0.0289. The normalized spacial score (nSPS) is 10.2. The number of carbonyl (C=O) groups is 1. The molecule has 0 saturated heterocycles. The number of carbonyl (C=O) groups excluding carboxylic acids is 1. The van der Waals surface area contributed by atoms with Crippen LogP contribution in [0.5, 0.6) is 5.88 Å². The molecule has 6 nitrogen and oxygen atoms in total. The van der Waals surface area contributed by atoms with Gasteiger partial charge in [0.2, 0.25) is 11.8 Å². The molecule has 0 fully saturated rings. The summed E-state index contributed by atoms with van der Waals surface area (Å²) < 4.78 is 6.89. The van der Waals surface area contributed by atoms with Crippen LogP contribution in [-0.2, 0) is 11.2 Å². The molecule has 0 saturated carbocycles. The summed E-state index contributed by atoms with van der Waals surface area (Å²) in [5.41, 5.74) is 1.84. The maximum absolute atomic E-state index is 10.8. The van der Waals surface area contributed by atoms with Crippen molar-refractivity contribution in [2.45, 2.75) is 13.3 Å². The molecular weight excluding hydrogens is 244 g/mol. The van der Waals surface area contributed by atoms with E-state index in [-0.39, 0.29) is 5.91 Å². The predicted molar refractivity (Wildman–Crippen MR) is 70.3 cm³/mol. The first-order chi connectivity index (χ1) is 9.19. The Hall–Kier alpha value is -2.37. The molecule has 0 aliphatic heterocycles. The van der Waals surface area contributed by atoms with Gasteiger partial charge in [0.05, 0.1) is 31.0 Å². The fourth-order valence-corrected chi connectivity index (χ4v) is 1.65. The second-order valence-electron chi connectivity index (χ2n) is 4.06. The molecule has 1 amide bonds. The average molecular weight is 260 g/mol. The van der Waals surface area contributed by atoms with Gasteiger partial charge in [0.1, 0.15) is 0 Å². The number of nitrogens with zero attached hydrogens (tertiary/aromatic N) is 3. The Morgan fingerprint density at radius 3 is 2.89 bits per heavy atom. The highest BCUT2D eigenvalue weighted by molar-refractivity contribution is 5.72. The molecule has 0 aliphatic rings. The van der Waals surface area contributed by atoms with Gasteiger partial charge in [-0.3, -0.25) is 4.79 Å². The predicted octanol–water partition coefficient (Wildman–Crippen LogP) is 0.954. The van der Waals surface area contributed by atoms with Crippen molar-refractivity contribution in [2.24, 2.45) is 0 Å². The molecule has 2 aromatic heterocycles. The largest absolute Gasteiger partial charge is 0.481 e. The molecule has 0 aliphatic carbocycles. The van der Waals surface area contributed by atoms with Crippen molar-refractivity contribution in [3.05, 3.63) is 36.5 Å². The minimum absolute atomic E-state index is 0.0289. The summed E-state index contributed by atoms with van der Waals surface area (Å²) in [5, 5.41) is 2.74. The van der Waals surface area contributed by atoms with E-state index >= 15 is 0 Å². The van der Waals surface area contributed by atoms with Crippen molar-refractivity contribution in [3.8, 4) is 11.6 Å². The van der Waals surface area contributed by atoms with Crippen LogP contribution in [0.3, 0.4) is 0 Å². The van der Waals surface area contributed by atoms with E-state index < -0.39 is 0 Å². The number of ether oxygens (including phenoxy) is 1. The number of pyridine rings is 1. The molecule has 0 spiro atoms. The van der Waals surface area contributed by atoms with Crippen LogP contribution in [0.15, 0.2) is 30.9 Å². The summed E-state index contributed by atoms with van der Waals surface area (Å²) >= 11 is 0. The molecule has 6 heteroatoms. The van der Waals surface area contributed by atoms with Gasteiger partial charge in [-0.25, -0.2) is 9.97 Å². The fourth-order valence-electron chi connectivity index (χ4n) is 1.65. The first-order valence-electron chi connectivity index (χ1n) is 5.97. The molecule has 2 aromatic rings. The summed E-state index contributed by atoms with van der Waals surface area (Å²) in [6.07, 6.45) is 6.08. The maximum Gasteiger partial charge on any atom is 0.216 e. The molecule has 100 valence electrons. The summed E-state index contributed by atoms with van der Waals surface area (Å²) in [6.45, 7) is 2.09. The van der Waals surface area contributed by atoms with Crippen LogP contribution >= 0.6 is 0 Å². The van der Waals surface area contributed by atoms with Gasteiger partial charge in [0, 0.05) is 32.2 Å². The number of hydrogen-bond donors (Lipinski definition) is 1. The molecular formula is C13H16N4O2. The van der Waals surface area contributed by atoms with Crippen LogP contribution in [0.2, 0.25) is 0 Å². The Balaban J connectivity index is 2.01. The second-order valence-corrected chi connectivity index (χ2v) is 4.06. The lowest BCUT2D eigenvalue weighted by Crippen LogP contribution is -2.22. The van der Waals surface area contributed by atoms with Crippen LogP contribution in [0.1, 0.15) is 12.6 Å². The Morgan fingerprint density at radius 1 is 1.42 bits per heavy atom. The third-order valence-electron chi connectivity index (χ3n) is 2.62. The molecule has 0 unspecified atom stereocenters. The third kappa shape index (κ3) is 3.54. The second kappa shape index (κ2) is 5.99. The van der Waals surface area contributed by atoms with Gasteiger partial charge in [0.15, 0.2) is 0 Å². The van der Waals surface area contributed by atoms with E-state index in [1.807, 2.05) is 16.8 Å². The Morgan fingerprint density at radius 2 is 2.26 bits per heavy atom. The van der Waals surface area contributed by atoms with Crippen LogP contribution in [0, 0.1) is 0 Å². The highest BCUT2D eigenvalue weighted by Gasteiger charge is 2.02. The number of aromatic nitrogens is 3. The zero-order valence-corrected chi connectivity index (χ0v) is 11.0. The van der Waals surface area contributed by atoms with E-state index in [1.54, 1.807) is 25.7 Å². The Kier molecular flexibility index (Phi) is 4.12. The van der Waals surface area contributed by atoms with E-state index in [0.29, 0.717) is 18.8 Å². The molecule has 1 N–H and O–H groups in total. The average Bonchev–Trinajstić information content (AvgIpc) is 2.87. The van der Waals surface area contributed by atoms with E-state index in [1.165, 1.54) is 6.92 Å². The van der Waals surface area contributed by atoms with Crippen molar-refractivity contribution < 1.29 is 9.53 Å². The lowest BCUT2D eigenvalue weighted by atomic mass is 10.3. The standard InChI is InChI=1S/C13H16N4O2/c1-10(18)14-6-5-11-8-17(9-16-11)12-3-4-13(19-2)15-7-12/h3-4,7-9H,5-6H2,1-2H3,(H,14,18). The van der Waals surface area contributed by atoms with Gasteiger partial charge in [-0.15, -0.1) is 0 Å². The number of imidazole rings is 1. The number of amides is 1. The SMILES string of the molecule is COc1ccc(-n2cnc(CCNC(C)=O)c2)cn1. The van der Waals surface area contributed by atoms with Crippen LogP contribution < -0.4 is 10.1 Å². The first-order valence-corrected chi connectivity index (χ1v) is 5.97. The highest BCUT2D eigenvalue weighted by Crippen LogP contribution is 2.11. The fraction of sp³-hybridized carbons (Fsp3) is 0.308. The molecule has 2 rings (SSSR count).